The van der Waals surface area contributed by atoms with Crippen LogP contribution in [0, 0.1) is 0 Å². The Balaban J connectivity index is 1.25. The highest BCUT2D eigenvalue weighted by atomic mass is 16.4. The Morgan fingerprint density at radius 1 is 0.415 bits per heavy atom. The molecule has 0 aliphatic rings. The van der Waals surface area contributed by atoms with E-state index in [4.69, 9.17) is 13.8 Å². The first-order valence-corrected chi connectivity index (χ1v) is 13.6. The van der Waals surface area contributed by atoms with Crippen molar-refractivity contribution in [2.45, 2.75) is 0 Å². The minimum Gasteiger partial charge on any atom is -0.456 e. The molecule has 41 heavy (non-hydrogen) atoms. The van der Waals surface area contributed by atoms with Gasteiger partial charge in [0.2, 0.25) is 5.89 Å². The van der Waals surface area contributed by atoms with Gasteiger partial charge in [-0.25, -0.2) is 4.98 Å². The minimum absolute atomic E-state index is 0.604. The Morgan fingerprint density at radius 2 is 1.00 bits per heavy atom. The summed E-state index contributed by atoms with van der Waals surface area (Å²) in [5.74, 6) is 0.604. The van der Waals surface area contributed by atoms with Gasteiger partial charge in [-0.1, -0.05) is 78.9 Å². The predicted molar refractivity (Wildman–Crippen MR) is 167 cm³/mol. The molecule has 0 radical (unpaired) electrons. The molecule has 0 N–H and O–H groups in total. The quantitative estimate of drug-likeness (QED) is 0.223. The molecule has 0 saturated carbocycles. The third-order valence-electron chi connectivity index (χ3n) is 7.49. The zero-order valence-corrected chi connectivity index (χ0v) is 22.1. The van der Waals surface area contributed by atoms with Crippen LogP contribution in [-0.4, -0.2) is 4.98 Å². The lowest BCUT2D eigenvalue weighted by atomic mass is 10.0. The van der Waals surface area contributed by atoms with Crippen LogP contribution in [-0.2, 0) is 0 Å². The van der Waals surface area contributed by atoms with Crippen molar-refractivity contribution in [1.82, 2.24) is 4.98 Å². The van der Waals surface area contributed by atoms with E-state index < -0.39 is 0 Å². The van der Waals surface area contributed by atoms with Gasteiger partial charge in [0.25, 0.3) is 0 Å². The van der Waals surface area contributed by atoms with Gasteiger partial charge in [-0.15, -0.1) is 0 Å². The van der Waals surface area contributed by atoms with Crippen LogP contribution in [0.3, 0.4) is 0 Å². The van der Waals surface area contributed by atoms with Crippen molar-refractivity contribution in [1.29, 1.82) is 0 Å². The van der Waals surface area contributed by atoms with Crippen LogP contribution in [0.15, 0.2) is 154 Å². The van der Waals surface area contributed by atoms with Crippen LogP contribution in [0.1, 0.15) is 0 Å². The number of aromatic nitrogens is 1. The number of para-hydroxylation sites is 1. The fourth-order valence-corrected chi connectivity index (χ4v) is 5.49. The molecule has 8 rings (SSSR count). The molecule has 0 spiro atoms. The number of hydrogen-bond donors (Lipinski definition) is 0. The van der Waals surface area contributed by atoms with E-state index in [-0.39, 0.29) is 0 Å². The second kappa shape index (κ2) is 9.54. The number of furan rings is 1. The highest BCUT2D eigenvalue weighted by molar-refractivity contribution is 6.10. The third-order valence-corrected chi connectivity index (χ3v) is 7.49. The van der Waals surface area contributed by atoms with Gasteiger partial charge in [-0.3, -0.25) is 0 Å². The summed E-state index contributed by atoms with van der Waals surface area (Å²) in [5, 5.41) is 2.02. The van der Waals surface area contributed by atoms with E-state index in [2.05, 4.69) is 89.8 Å². The lowest BCUT2D eigenvalue weighted by Gasteiger charge is -2.25. The van der Waals surface area contributed by atoms with Crippen molar-refractivity contribution in [3.05, 3.63) is 146 Å². The molecule has 0 aliphatic heterocycles. The molecule has 0 saturated heterocycles. The monoisotopic (exact) mass is 528 g/mol. The average Bonchev–Trinajstić information content (AvgIpc) is 3.62. The lowest BCUT2D eigenvalue weighted by Crippen LogP contribution is -2.09. The van der Waals surface area contributed by atoms with E-state index in [1.165, 1.54) is 11.1 Å². The van der Waals surface area contributed by atoms with E-state index in [0.29, 0.717) is 5.89 Å². The van der Waals surface area contributed by atoms with Crippen LogP contribution in [0.25, 0.3) is 55.6 Å². The summed E-state index contributed by atoms with van der Waals surface area (Å²) in [6.45, 7) is 0. The minimum atomic E-state index is 0.604. The van der Waals surface area contributed by atoms with E-state index >= 15 is 0 Å². The average molecular weight is 529 g/mol. The van der Waals surface area contributed by atoms with Crippen LogP contribution in [0.4, 0.5) is 17.1 Å². The Labute approximate surface area is 236 Å². The summed E-state index contributed by atoms with van der Waals surface area (Å²) in [6, 6.07) is 49.9. The molecular formula is C37H24N2O2. The molecule has 0 fully saturated rings. The molecule has 6 aromatic carbocycles. The topological polar surface area (TPSA) is 42.4 Å². The van der Waals surface area contributed by atoms with Gasteiger partial charge in [-0.2, -0.15) is 0 Å². The first kappa shape index (κ1) is 23.3. The number of nitrogens with zero attached hydrogens (tertiary/aromatic N) is 2. The van der Waals surface area contributed by atoms with Crippen molar-refractivity contribution in [2.75, 3.05) is 4.90 Å². The third kappa shape index (κ3) is 4.14. The van der Waals surface area contributed by atoms with Gasteiger partial charge < -0.3 is 13.7 Å². The zero-order valence-electron chi connectivity index (χ0n) is 22.1. The highest BCUT2D eigenvalue weighted by Crippen LogP contribution is 2.40. The molecule has 0 aliphatic carbocycles. The van der Waals surface area contributed by atoms with Crippen molar-refractivity contribution in [3.63, 3.8) is 0 Å². The summed E-state index contributed by atoms with van der Waals surface area (Å²) < 4.78 is 12.5. The molecule has 2 heterocycles. The first-order valence-electron chi connectivity index (χ1n) is 13.6. The van der Waals surface area contributed by atoms with Gasteiger partial charge in [0, 0.05) is 39.5 Å². The molecule has 4 nitrogen and oxygen atoms in total. The van der Waals surface area contributed by atoms with E-state index in [1.54, 1.807) is 0 Å². The molecule has 0 unspecified atom stereocenters. The number of benzene rings is 6. The van der Waals surface area contributed by atoms with Gasteiger partial charge >= 0.3 is 0 Å². The van der Waals surface area contributed by atoms with E-state index in [0.717, 1.165) is 55.7 Å². The number of rotatable bonds is 5. The van der Waals surface area contributed by atoms with E-state index in [9.17, 15) is 0 Å². The van der Waals surface area contributed by atoms with Crippen molar-refractivity contribution >= 4 is 50.1 Å². The molecule has 0 amide bonds. The summed E-state index contributed by atoms with van der Waals surface area (Å²) in [4.78, 5) is 6.99. The number of oxazole rings is 1. The SMILES string of the molecule is c1ccc(-c2ccc(N(c3ccccc3)c3ccc4oc5cc6nc(-c7ccccc7)oc6cc5c4c3)cc2)cc1. The molecule has 2 aromatic heterocycles. The maximum absolute atomic E-state index is 6.29. The maximum Gasteiger partial charge on any atom is 0.227 e. The largest absolute Gasteiger partial charge is 0.456 e. The van der Waals surface area contributed by atoms with Crippen LogP contribution in [0.5, 0.6) is 0 Å². The number of hydrogen-bond acceptors (Lipinski definition) is 4. The molecule has 0 atom stereocenters. The standard InChI is InChI=1S/C37H24N2O2/c1-4-10-25(11-5-1)26-16-18-29(19-17-26)39(28-14-8-3-9-15-28)30-20-21-34-31(22-30)32-23-36-33(24-35(32)40-34)38-37(41-36)27-12-6-2-7-13-27/h1-24H. The molecule has 194 valence electrons. The Hall–Kier alpha value is -5.61. The summed E-state index contributed by atoms with van der Waals surface area (Å²) in [7, 11) is 0. The first-order chi connectivity index (χ1) is 20.3. The Bertz CT molecular complexity index is 2130. The summed E-state index contributed by atoms with van der Waals surface area (Å²) >= 11 is 0. The Morgan fingerprint density at radius 3 is 1.73 bits per heavy atom. The molecule has 8 aromatic rings. The second-order valence-corrected chi connectivity index (χ2v) is 10.1. The van der Waals surface area contributed by atoms with Crippen molar-refractivity contribution < 1.29 is 8.83 Å². The van der Waals surface area contributed by atoms with Crippen molar-refractivity contribution in [2.24, 2.45) is 0 Å². The zero-order chi connectivity index (χ0) is 27.2. The van der Waals surface area contributed by atoms with Crippen molar-refractivity contribution in [3.8, 4) is 22.6 Å². The number of anilines is 3. The fraction of sp³-hybridized carbons (Fsp3) is 0. The summed E-state index contributed by atoms with van der Waals surface area (Å²) in [6.07, 6.45) is 0. The summed E-state index contributed by atoms with van der Waals surface area (Å²) in [5.41, 5.74) is 9.66. The molecule has 4 heteroatoms. The maximum atomic E-state index is 6.29. The Kier molecular flexibility index (Phi) is 5.42. The predicted octanol–water partition coefficient (Wildman–Crippen LogP) is 10.5. The number of fused-ring (bicyclic) bond motifs is 4. The van der Waals surface area contributed by atoms with Gasteiger partial charge in [0.05, 0.1) is 0 Å². The second-order valence-electron chi connectivity index (χ2n) is 10.1. The fourth-order valence-electron chi connectivity index (χ4n) is 5.49. The van der Waals surface area contributed by atoms with Gasteiger partial charge in [-0.05, 0) is 71.8 Å². The van der Waals surface area contributed by atoms with E-state index in [1.807, 2.05) is 60.7 Å². The normalized spacial score (nSPS) is 11.4. The lowest BCUT2D eigenvalue weighted by molar-refractivity contribution is 0.620. The van der Waals surface area contributed by atoms with Crippen LogP contribution in [0.2, 0.25) is 0 Å². The smallest absolute Gasteiger partial charge is 0.227 e. The molecule has 0 bridgehead atoms. The van der Waals surface area contributed by atoms with Gasteiger partial charge in [0.1, 0.15) is 16.7 Å². The van der Waals surface area contributed by atoms with Gasteiger partial charge in [0.15, 0.2) is 5.58 Å². The highest BCUT2D eigenvalue weighted by Gasteiger charge is 2.17. The van der Waals surface area contributed by atoms with Crippen LogP contribution < -0.4 is 4.90 Å². The van der Waals surface area contributed by atoms with Crippen LogP contribution >= 0.6 is 0 Å². The molecular weight excluding hydrogens is 504 g/mol.